The summed E-state index contributed by atoms with van der Waals surface area (Å²) in [6.07, 6.45) is 3.64. The van der Waals surface area contributed by atoms with E-state index in [0.29, 0.717) is 63.7 Å². The van der Waals surface area contributed by atoms with Crippen LogP contribution in [0.25, 0.3) is 33.3 Å². The summed E-state index contributed by atoms with van der Waals surface area (Å²) in [5.41, 5.74) is 4.37. The highest BCUT2D eigenvalue weighted by atomic mass is 16.2. The van der Waals surface area contributed by atoms with Crippen LogP contribution in [0.3, 0.4) is 0 Å². The number of aromatic amines is 1. The number of H-pyrrole nitrogens is 1. The molecule has 3 aromatic heterocycles. The summed E-state index contributed by atoms with van der Waals surface area (Å²) in [6.45, 7) is 6.81. The predicted molar refractivity (Wildman–Crippen MR) is 152 cm³/mol. The van der Waals surface area contributed by atoms with Crippen LogP contribution in [-0.2, 0) is 13.1 Å². The molecule has 0 unspecified atom stereocenters. The maximum absolute atomic E-state index is 13.7. The molecule has 1 aliphatic rings. The van der Waals surface area contributed by atoms with Crippen LogP contribution in [0.15, 0.2) is 53.6 Å². The summed E-state index contributed by atoms with van der Waals surface area (Å²) < 4.78 is 3.39. The molecule has 11 heteroatoms. The minimum Gasteiger partial charge on any atom is -0.350 e. The van der Waals surface area contributed by atoms with Gasteiger partial charge in [-0.15, -0.1) is 0 Å². The first kappa shape index (κ1) is 25.5. The molecule has 3 heterocycles. The third kappa shape index (κ3) is 4.74. The Morgan fingerprint density at radius 2 is 1.93 bits per heavy atom. The van der Waals surface area contributed by atoms with Gasteiger partial charge in [-0.25, -0.2) is 14.8 Å². The van der Waals surface area contributed by atoms with Crippen molar-refractivity contribution in [1.82, 2.24) is 34.6 Å². The normalized spacial score (nSPS) is 13.3. The number of hydrogen-bond acceptors (Lipinski definition) is 6. The van der Waals surface area contributed by atoms with E-state index in [-0.39, 0.29) is 23.5 Å². The molecule has 0 bridgehead atoms. The second-order valence-electron chi connectivity index (χ2n) is 10.5. The Morgan fingerprint density at radius 1 is 1.10 bits per heavy atom. The van der Waals surface area contributed by atoms with Gasteiger partial charge in [0.1, 0.15) is 17.5 Å². The fourth-order valence-corrected chi connectivity index (χ4v) is 4.98. The second-order valence-corrected chi connectivity index (χ2v) is 10.5. The monoisotopic (exact) mass is 538 g/mol. The van der Waals surface area contributed by atoms with Gasteiger partial charge in [0.05, 0.1) is 11.2 Å². The van der Waals surface area contributed by atoms with Crippen molar-refractivity contribution in [2.45, 2.75) is 52.7 Å². The average molecular weight is 539 g/mol. The van der Waals surface area contributed by atoms with Gasteiger partial charge in [0.15, 0.2) is 5.65 Å². The van der Waals surface area contributed by atoms with Crippen LogP contribution >= 0.6 is 0 Å². The number of aryl methyl sites for hydroxylation is 1. The van der Waals surface area contributed by atoms with E-state index < -0.39 is 0 Å². The summed E-state index contributed by atoms with van der Waals surface area (Å²) >= 11 is 0. The molecule has 5 aromatic rings. The first-order chi connectivity index (χ1) is 19.3. The molecule has 204 valence electrons. The molecular formula is C29H30N8O3. The standard InChI is InChI=1S/C29H30N8O3/c1-4-36-25-23(30-15-31-26(25)34-29(36)40)18-10-11-21-22(13-18)35-37(14-17-8-9-17)24(21)28(39)33-20-7-5-6-19(12-20)27(38)32-16(2)3/h5-7,10-13,15-17H,4,8-9,14H2,1-3H3,(H,32,38)(H,33,39)(H,30,31,34,40). The average Bonchev–Trinajstić information content (AvgIpc) is 3.57. The number of carbonyl (C=O) groups excluding carboxylic acids is 2. The number of nitrogens with one attached hydrogen (secondary N) is 3. The number of carbonyl (C=O) groups is 2. The SMILES string of the molecule is CCn1c(=O)[nH]c2ncnc(-c3ccc4c(C(=O)Nc5cccc(C(=O)NC(C)C)c5)n(CC5CC5)nc4c3)c21. The van der Waals surface area contributed by atoms with Crippen molar-refractivity contribution in [3.63, 3.8) is 0 Å². The summed E-state index contributed by atoms with van der Waals surface area (Å²) in [4.78, 5) is 50.0. The van der Waals surface area contributed by atoms with Crippen molar-refractivity contribution in [1.29, 1.82) is 0 Å². The fraction of sp³-hybridized carbons (Fsp3) is 0.310. The number of hydrogen-bond donors (Lipinski definition) is 3. The van der Waals surface area contributed by atoms with Crippen molar-refractivity contribution >= 4 is 39.6 Å². The molecule has 3 N–H and O–H groups in total. The molecule has 11 nitrogen and oxygen atoms in total. The molecule has 0 atom stereocenters. The van der Waals surface area contributed by atoms with Crippen molar-refractivity contribution < 1.29 is 9.59 Å². The van der Waals surface area contributed by atoms with E-state index in [1.807, 2.05) is 39.0 Å². The zero-order chi connectivity index (χ0) is 28.0. The topological polar surface area (TPSA) is 140 Å². The molecule has 1 aliphatic carbocycles. The lowest BCUT2D eigenvalue weighted by molar-refractivity contribution is 0.0941. The number of imidazole rings is 1. The van der Waals surface area contributed by atoms with Gasteiger partial charge in [0.2, 0.25) is 0 Å². The van der Waals surface area contributed by atoms with Crippen LogP contribution < -0.4 is 16.3 Å². The molecule has 0 radical (unpaired) electrons. The Balaban J connectivity index is 1.38. The number of fused-ring (bicyclic) bond motifs is 2. The van der Waals surface area contributed by atoms with E-state index in [1.165, 1.54) is 6.33 Å². The smallest absolute Gasteiger partial charge is 0.327 e. The summed E-state index contributed by atoms with van der Waals surface area (Å²) in [6, 6.07) is 12.5. The molecule has 6 rings (SSSR count). The predicted octanol–water partition coefficient (Wildman–Crippen LogP) is 3.96. The number of anilines is 1. The Labute approximate surface area is 229 Å². The summed E-state index contributed by atoms with van der Waals surface area (Å²) in [5, 5.41) is 11.4. The number of rotatable bonds is 8. The van der Waals surface area contributed by atoms with Crippen molar-refractivity contribution in [2.75, 3.05) is 5.32 Å². The van der Waals surface area contributed by atoms with Gasteiger partial charge in [-0.1, -0.05) is 12.1 Å². The first-order valence-corrected chi connectivity index (χ1v) is 13.5. The van der Waals surface area contributed by atoms with Crippen molar-refractivity contribution in [2.24, 2.45) is 5.92 Å². The highest BCUT2D eigenvalue weighted by molar-refractivity contribution is 6.12. The van der Waals surface area contributed by atoms with Gasteiger partial charge in [0.25, 0.3) is 11.8 Å². The van der Waals surface area contributed by atoms with E-state index in [0.717, 1.165) is 18.4 Å². The van der Waals surface area contributed by atoms with Gasteiger partial charge in [-0.05, 0) is 69.9 Å². The number of nitrogens with zero attached hydrogens (tertiary/aromatic N) is 5. The Morgan fingerprint density at radius 3 is 2.67 bits per heavy atom. The van der Waals surface area contributed by atoms with Gasteiger partial charge in [0, 0.05) is 41.3 Å². The van der Waals surface area contributed by atoms with E-state index >= 15 is 0 Å². The zero-order valence-electron chi connectivity index (χ0n) is 22.6. The van der Waals surface area contributed by atoms with Crippen LogP contribution in [0.2, 0.25) is 0 Å². The number of amides is 2. The van der Waals surface area contributed by atoms with E-state index in [9.17, 15) is 14.4 Å². The van der Waals surface area contributed by atoms with Gasteiger partial charge in [-0.2, -0.15) is 5.10 Å². The maximum atomic E-state index is 13.7. The maximum Gasteiger partial charge on any atom is 0.327 e. The minimum atomic E-state index is -0.299. The van der Waals surface area contributed by atoms with Crippen LogP contribution in [0.5, 0.6) is 0 Å². The molecule has 0 saturated heterocycles. The molecule has 0 spiro atoms. The fourth-order valence-electron chi connectivity index (χ4n) is 4.98. The molecule has 1 saturated carbocycles. The molecule has 0 aliphatic heterocycles. The molecule has 2 amide bonds. The Hall–Kier alpha value is -4.80. The van der Waals surface area contributed by atoms with E-state index in [1.54, 1.807) is 33.5 Å². The van der Waals surface area contributed by atoms with Crippen LogP contribution in [0.4, 0.5) is 5.69 Å². The Kier molecular flexibility index (Phi) is 6.41. The highest BCUT2D eigenvalue weighted by Gasteiger charge is 2.27. The lowest BCUT2D eigenvalue weighted by Crippen LogP contribution is -2.30. The first-order valence-electron chi connectivity index (χ1n) is 13.5. The lowest BCUT2D eigenvalue weighted by atomic mass is 10.1. The molecular weight excluding hydrogens is 508 g/mol. The Bertz CT molecular complexity index is 1830. The third-order valence-electron chi connectivity index (χ3n) is 7.04. The summed E-state index contributed by atoms with van der Waals surface area (Å²) in [5.74, 6) is -0.00600. The number of benzene rings is 2. The van der Waals surface area contributed by atoms with Crippen LogP contribution in [0, 0.1) is 5.92 Å². The van der Waals surface area contributed by atoms with Gasteiger partial charge >= 0.3 is 5.69 Å². The quantitative estimate of drug-likeness (QED) is 0.273. The molecule has 2 aromatic carbocycles. The van der Waals surface area contributed by atoms with Crippen molar-refractivity contribution in [3.05, 3.63) is 70.5 Å². The molecule has 1 fully saturated rings. The van der Waals surface area contributed by atoms with Crippen LogP contribution in [-0.4, -0.2) is 47.2 Å². The summed E-state index contributed by atoms with van der Waals surface area (Å²) in [7, 11) is 0. The van der Waals surface area contributed by atoms with Gasteiger partial charge < -0.3 is 10.6 Å². The largest absolute Gasteiger partial charge is 0.350 e. The van der Waals surface area contributed by atoms with E-state index in [2.05, 4.69) is 25.6 Å². The van der Waals surface area contributed by atoms with Crippen LogP contribution in [0.1, 0.15) is 54.5 Å². The van der Waals surface area contributed by atoms with Crippen molar-refractivity contribution in [3.8, 4) is 11.3 Å². The van der Waals surface area contributed by atoms with Gasteiger partial charge in [-0.3, -0.25) is 23.8 Å². The number of aromatic nitrogens is 6. The lowest BCUT2D eigenvalue weighted by Gasteiger charge is -2.11. The van der Waals surface area contributed by atoms with E-state index in [4.69, 9.17) is 5.10 Å². The molecule has 40 heavy (non-hydrogen) atoms. The minimum absolute atomic E-state index is 0.00369. The zero-order valence-corrected chi connectivity index (χ0v) is 22.6. The second kappa shape index (κ2) is 10.1. The highest BCUT2D eigenvalue weighted by Crippen LogP contribution is 2.33. The third-order valence-corrected chi connectivity index (χ3v) is 7.04.